The molecule has 7 nitrogen and oxygen atoms in total. The minimum Gasteiger partial charge on any atom is -0.390 e. The van der Waals surface area contributed by atoms with E-state index in [4.69, 9.17) is 5.11 Å². The van der Waals surface area contributed by atoms with Gasteiger partial charge in [-0.1, -0.05) is 0 Å². The lowest BCUT2D eigenvalue weighted by molar-refractivity contribution is -0.0374. The molecular formula is C9H16F2N6O. The fraction of sp³-hybridized carbons (Fsp3) is 0.667. The van der Waals surface area contributed by atoms with Crippen molar-refractivity contribution in [1.82, 2.24) is 15.0 Å². The summed E-state index contributed by atoms with van der Waals surface area (Å²) in [6.45, 7) is -1.98. The first-order valence-corrected chi connectivity index (χ1v) is 5.21. The van der Waals surface area contributed by atoms with E-state index >= 15 is 0 Å². The topological polar surface area (TPSA) is 86.2 Å². The second-order valence-electron chi connectivity index (χ2n) is 3.79. The number of aliphatic hydroxyl groups excluding tert-OH is 1. The second kappa shape index (κ2) is 5.71. The van der Waals surface area contributed by atoms with Crippen LogP contribution in [0.15, 0.2) is 0 Å². The van der Waals surface area contributed by atoms with Crippen molar-refractivity contribution in [2.75, 3.05) is 49.8 Å². The molecule has 0 aliphatic heterocycles. The molecule has 0 saturated carbocycles. The molecule has 102 valence electrons. The quantitative estimate of drug-likeness (QED) is 0.666. The molecule has 0 aromatic carbocycles. The molecule has 0 aliphatic carbocycles. The van der Waals surface area contributed by atoms with Crippen molar-refractivity contribution in [3.8, 4) is 0 Å². The van der Waals surface area contributed by atoms with Crippen LogP contribution in [0.25, 0.3) is 0 Å². The van der Waals surface area contributed by atoms with Gasteiger partial charge in [-0.2, -0.15) is 15.0 Å². The number of anilines is 3. The van der Waals surface area contributed by atoms with Crippen molar-refractivity contribution in [2.45, 2.75) is 5.92 Å². The van der Waals surface area contributed by atoms with Crippen LogP contribution in [0.5, 0.6) is 0 Å². The maximum Gasteiger partial charge on any atom is 0.287 e. The highest BCUT2D eigenvalue weighted by atomic mass is 19.3. The lowest BCUT2D eigenvalue weighted by atomic mass is 10.3. The Kier molecular flexibility index (Phi) is 4.54. The molecule has 1 rings (SSSR count). The van der Waals surface area contributed by atoms with Gasteiger partial charge in [0.1, 0.15) is 6.61 Å². The second-order valence-corrected chi connectivity index (χ2v) is 3.79. The highest BCUT2D eigenvalue weighted by Gasteiger charge is 2.27. The average molecular weight is 262 g/mol. The Hall–Kier alpha value is -1.77. The lowest BCUT2D eigenvalue weighted by Crippen LogP contribution is -2.31. The number of nitrogens with one attached hydrogen (secondary N) is 2. The molecule has 3 N–H and O–H groups in total. The van der Waals surface area contributed by atoms with Crippen molar-refractivity contribution in [1.29, 1.82) is 0 Å². The summed E-state index contributed by atoms with van der Waals surface area (Å²) in [5.74, 6) is -2.59. The Balaban J connectivity index is 2.85. The van der Waals surface area contributed by atoms with Crippen LogP contribution < -0.4 is 15.5 Å². The minimum atomic E-state index is -3.22. The zero-order valence-corrected chi connectivity index (χ0v) is 10.4. The fourth-order valence-corrected chi connectivity index (χ4v) is 1.02. The van der Waals surface area contributed by atoms with E-state index in [0.29, 0.717) is 5.95 Å². The number of hydrogen-bond acceptors (Lipinski definition) is 7. The molecule has 0 spiro atoms. The summed E-state index contributed by atoms with van der Waals surface area (Å²) >= 11 is 0. The van der Waals surface area contributed by atoms with Crippen LogP contribution in [0.2, 0.25) is 0 Å². The zero-order chi connectivity index (χ0) is 13.8. The summed E-state index contributed by atoms with van der Waals surface area (Å²) in [6.07, 6.45) is 0. The highest BCUT2D eigenvalue weighted by molar-refractivity contribution is 5.42. The van der Waals surface area contributed by atoms with E-state index in [9.17, 15) is 8.78 Å². The molecule has 0 atom stereocenters. The molecule has 0 amide bonds. The zero-order valence-electron chi connectivity index (χ0n) is 10.4. The fourth-order valence-electron chi connectivity index (χ4n) is 1.02. The third-order valence-corrected chi connectivity index (χ3v) is 1.98. The average Bonchev–Trinajstić information content (AvgIpc) is 2.36. The third-order valence-electron chi connectivity index (χ3n) is 1.98. The van der Waals surface area contributed by atoms with Crippen LogP contribution in [0.4, 0.5) is 26.6 Å². The van der Waals surface area contributed by atoms with Crippen LogP contribution in [0, 0.1) is 0 Å². The molecule has 0 bridgehead atoms. The minimum absolute atomic E-state index is 0.0196. The maximum atomic E-state index is 12.9. The van der Waals surface area contributed by atoms with Crippen molar-refractivity contribution >= 4 is 17.8 Å². The van der Waals surface area contributed by atoms with E-state index in [1.165, 1.54) is 0 Å². The van der Waals surface area contributed by atoms with Gasteiger partial charge in [0, 0.05) is 21.1 Å². The normalized spacial score (nSPS) is 11.2. The van der Waals surface area contributed by atoms with Gasteiger partial charge in [0.05, 0.1) is 6.54 Å². The van der Waals surface area contributed by atoms with Crippen LogP contribution >= 0.6 is 0 Å². The molecule has 1 heterocycles. The molecule has 0 saturated heterocycles. The van der Waals surface area contributed by atoms with Crippen LogP contribution in [-0.4, -0.2) is 60.3 Å². The Bertz CT molecular complexity index is 401. The number of rotatable bonds is 6. The van der Waals surface area contributed by atoms with Gasteiger partial charge in [-0.05, 0) is 0 Å². The molecule has 9 heteroatoms. The molecule has 0 fully saturated rings. The van der Waals surface area contributed by atoms with Crippen LogP contribution in [0.1, 0.15) is 0 Å². The Morgan fingerprint density at radius 2 is 1.83 bits per heavy atom. The third kappa shape index (κ3) is 3.91. The molecule has 18 heavy (non-hydrogen) atoms. The number of aromatic nitrogens is 3. The van der Waals surface area contributed by atoms with Gasteiger partial charge in [-0.25, -0.2) is 8.78 Å². The predicted molar refractivity (Wildman–Crippen MR) is 64.2 cm³/mol. The monoisotopic (exact) mass is 262 g/mol. The van der Waals surface area contributed by atoms with E-state index < -0.39 is 19.1 Å². The van der Waals surface area contributed by atoms with Crippen molar-refractivity contribution in [3.05, 3.63) is 0 Å². The van der Waals surface area contributed by atoms with Crippen molar-refractivity contribution < 1.29 is 13.9 Å². The highest BCUT2D eigenvalue weighted by Crippen LogP contribution is 2.15. The first kappa shape index (κ1) is 14.3. The maximum absolute atomic E-state index is 12.9. The molecule has 0 aliphatic rings. The smallest absolute Gasteiger partial charge is 0.287 e. The van der Waals surface area contributed by atoms with E-state index in [0.717, 1.165) is 0 Å². The molecule has 0 unspecified atom stereocenters. The first-order valence-electron chi connectivity index (χ1n) is 5.21. The van der Waals surface area contributed by atoms with E-state index in [2.05, 4.69) is 25.6 Å². The number of alkyl halides is 2. The van der Waals surface area contributed by atoms with Crippen LogP contribution in [0.3, 0.4) is 0 Å². The SMILES string of the molecule is CNc1nc(NCC(F)(F)CO)nc(N(C)C)n1. The number of hydrogen-bond donors (Lipinski definition) is 3. The summed E-state index contributed by atoms with van der Waals surface area (Å²) in [6, 6.07) is 0. The number of nitrogens with zero attached hydrogens (tertiary/aromatic N) is 4. The summed E-state index contributed by atoms with van der Waals surface area (Å²) in [5, 5.41) is 13.5. The first-order chi connectivity index (χ1) is 8.38. The van der Waals surface area contributed by atoms with Gasteiger partial charge in [-0.15, -0.1) is 0 Å². The number of aliphatic hydroxyl groups is 1. The van der Waals surface area contributed by atoms with Crippen LogP contribution in [-0.2, 0) is 0 Å². The summed E-state index contributed by atoms with van der Waals surface area (Å²) in [5.41, 5.74) is 0. The standard InChI is InChI=1S/C9H16F2N6O/c1-12-6-14-7(13-4-9(10,11)5-18)16-8(15-6)17(2)3/h18H,4-5H2,1-3H3,(H2,12,13,14,15,16). The Morgan fingerprint density at radius 3 is 2.33 bits per heavy atom. The van der Waals surface area contributed by atoms with Gasteiger partial charge in [0.15, 0.2) is 0 Å². The van der Waals surface area contributed by atoms with E-state index in [1.54, 1.807) is 26.0 Å². The van der Waals surface area contributed by atoms with Gasteiger partial charge in [-0.3, -0.25) is 0 Å². The van der Waals surface area contributed by atoms with E-state index in [1.807, 2.05) is 0 Å². The summed E-state index contributed by atoms with van der Waals surface area (Å²) in [7, 11) is 5.06. The van der Waals surface area contributed by atoms with Gasteiger partial charge in [0.25, 0.3) is 5.92 Å². The Morgan fingerprint density at radius 1 is 1.22 bits per heavy atom. The Labute approximate surface area is 103 Å². The predicted octanol–water partition coefficient (Wildman–Crippen LogP) is 0.0188. The van der Waals surface area contributed by atoms with Gasteiger partial charge in [0.2, 0.25) is 17.8 Å². The lowest BCUT2D eigenvalue weighted by Gasteiger charge is -2.16. The van der Waals surface area contributed by atoms with Gasteiger partial charge < -0.3 is 20.6 Å². The van der Waals surface area contributed by atoms with Crippen molar-refractivity contribution in [2.24, 2.45) is 0 Å². The largest absolute Gasteiger partial charge is 0.390 e. The molecule has 1 aromatic heterocycles. The van der Waals surface area contributed by atoms with Crippen molar-refractivity contribution in [3.63, 3.8) is 0 Å². The molecule has 1 aromatic rings. The van der Waals surface area contributed by atoms with E-state index in [-0.39, 0.29) is 11.9 Å². The van der Waals surface area contributed by atoms with Gasteiger partial charge >= 0.3 is 0 Å². The number of halogens is 2. The summed E-state index contributed by atoms with van der Waals surface area (Å²) < 4.78 is 25.7. The molecular weight excluding hydrogens is 246 g/mol. The summed E-state index contributed by atoms with van der Waals surface area (Å²) in [4.78, 5) is 13.5. The molecule has 0 radical (unpaired) electrons.